The Morgan fingerprint density at radius 2 is 2.00 bits per heavy atom. The van der Waals surface area contributed by atoms with Crippen molar-refractivity contribution in [2.75, 3.05) is 6.54 Å². The van der Waals surface area contributed by atoms with Gasteiger partial charge in [0.2, 0.25) is 11.8 Å². The minimum Gasteiger partial charge on any atom is -0.351 e. The molecule has 0 aromatic heterocycles. The summed E-state index contributed by atoms with van der Waals surface area (Å²) in [7, 11) is 0. The lowest BCUT2D eigenvalue weighted by Crippen LogP contribution is -2.47. The average molecular weight is 309 g/mol. The van der Waals surface area contributed by atoms with Crippen molar-refractivity contribution in [3.8, 4) is 0 Å². The summed E-state index contributed by atoms with van der Waals surface area (Å²) in [6, 6.07) is 6.72. The molecule has 4 nitrogen and oxygen atoms in total. The summed E-state index contributed by atoms with van der Waals surface area (Å²) in [6.07, 6.45) is 1.96. The van der Waals surface area contributed by atoms with Crippen LogP contribution in [-0.2, 0) is 16.1 Å². The van der Waals surface area contributed by atoms with E-state index >= 15 is 0 Å². The molecule has 0 aliphatic carbocycles. The fourth-order valence-electron chi connectivity index (χ4n) is 1.89. The van der Waals surface area contributed by atoms with Crippen LogP contribution >= 0.6 is 11.6 Å². The van der Waals surface area contributed by atoms with E-state index in [-0.39, 0.29) is 11.8 Å². The molecule has 1 atom stereocenters. The maximum atomic E-state index is 12.1. The molecule has 5 heteroatoms. The Labute approximate surface area is 130 Å². The number of carbonyl (C=O) groups is 2. The molecule has 0 fully saturated rings. The van der Waals surface area contributed by atoms with Gasteiger partial charge in [0, 0.05) is 24.5 Å². The van der Waals surface area contributed by atoms with Crippen molar-refractivity contribution < 1.29 is 9.59 Å². The molecule has 1 aromatic rings. The largest absolute Gasteiger partial charge is 0.351 e. The van der Waals surface area contributed by atoms with E-state index in [4.69, 9.17) is 11.6 Å². The zero-order valence-electron chi connectivity index (χ0n) is 12.4. The number of amides is 2. The molecule has 1 rings (SSSR count). The predicted molar refractivity (Wildman–Crippen MR) is 85.0 cm³/mol. The summed E-state index contributed by atoms with van der Waals surface area (Å²) in [6.45, 7) is 7.83. The molecule has 1 N–H and O–H groups in total. The van der Waals surface area contributed by atoms with E-state index in [0.717, 1.165) is 5.56 Å². The number of carbonyl (C=O) groups excluding carboxylic acids is 2. The van der Waals surface area contributed by atoms with E-state index in [0.29, 0.717) is 24.5 Å². The van der Waals surface area contributed by atoms with Gasteiger partial charge in [0.25, 0.3) is 0 Å². The van der Waals surface area contributed by atoms with Gasteiger partial charge in [0.15, 0.2) is 0 Å². The van der Waals surface area contributed by atoms with Crippen molar-refractivity contribution in [2.45, 2.75) is 32.9 Å². The predicted octanol–water partition coefficient (Wildman–Crippen LogP) is 2.77. The van der Waals surface area contributed by atoms with Crippen LogP contribution in [0.15, 0.2) is 36.9 Å². The van der Waals surface area contributed by atoms with Crippen LogP contribution in [0.5, 0.6) is 0 Å². The van der Waals surface area contributed by atoms with Crippen LogP contribution in [-0.4, -0.2) is 29.3 Å². The average Bonchev–Trinajstić information content (AvgIpc) is 2.50. The first-order valence-electron chi connectivity index (χ1n) is 6.92. The molecule has 1 unspecified atom stereocenters. The Morgan fingerprint density at radius 3 is 2.52 bits per heavy atom. The number of halogens is 1. The van der Waals surface area contributed by atoms with E-state index in [1.165, 1.54) is 0 Å². The second-order valence-electron chi connectivity index (χ2n) is 4.71. The Bertz CT molecular complexity index is 500. The number of nitrogens with zero attached hydrogens (tertiary/aromatic N) is 1. The number of hydrogen-bond donors (Lipinski definition) is 1. The highest BCUT2D eigenvalue weighted by Crippen LogP contribution is 2.14. The van der Waals surface area contributed by atoms with Gasteiger partial charge in [0.1, 0.15) is 6.04 Å². The van der Waals surface area contributed by atoms with E-state index in [1.807, 2.05) is 12.1 Å². The lowest BCUT2D eigenvalue weighted by molar-refractivity contribution is -0.140. The third-order valence-corrected chi connectivity index (χ3v) is 3.41. The van der Waals surface area contributed by atoms with Gasteiger partial charge in [-0.15, -0.1) is 6.58 Å². The highest BCUT2D eigenvalue weighted by Gasteiger charge is 2.24. The summed E-state index contributed by atoms with van der Waals surface area (Å²) < 4.78 is 0. The summed E-state index contributed by atoms with van der Waals surface area (Å²) in [5, 5.41) is 3.36. The van der Waals surface area contributed by atoms with Crippen molar-refractivity contribution >= 4 is 23.4 Å². The first-order chi connectivity index (χ1) is 9.99. The monoisotopic (exact) mass is 308 g/mol. The van der Waals surface area contributed by atoms with Gasteiger partial charge in [-0.1, -0.05) is 36.7 Å². The van der Waals surface area contributed by atoms with Gasteiger partial charge in [0.05, 0.1) is 0 Å². The van der Waals surface area contributed by atoms with Crippen molar-refractivity contribution in [1.82, 2.24) is 10.2 Å². The minimum absolute atomic E-state index is 0.0637. The van der Waals surface area contributed by atoms with Crippen molar-refractivity contribution in [1.29, 1.82) is 0 Å². The lowest BCUT2D eigenvalue weighted by atomic mass is 10.1. The smallest absolute Gasteiger partial charge is 0.242 e. The Kier molecular flexibility index (Phi) is 6.96. The van der Waals surface area contributed by atoms with Gasteiger partial charge in [-0.2, -0.15) is 0 Å². The quantitative estimate of drug-likeness (QED) is 0.787. The van der Waals surface area contributed by atoms with E-state index in [1.54, 1.807) is 37.0 Å². The van der Waals surface area contributed by atoms with Crippen LogP contribution in [0.2, 0.25) is 5.02 Å². The van der Waals surface area contributed by atoms with Crippen LogP contribution < -0.4 is 5.32 Å². The van der Waals surface area contributed by atoms with Gasteiger partial charge in [-0.25, -0.2) is 0 Å². The van der Waals surface area contributed by atoms with Crippen molar-refractivity contribution in [2.24, 2.45) is 0 Å². The lowest BCUT2D eigenvalue weighted by Gasteiger charge is -2.28. The third-order valence-electron chi connectivity index (χ3n) is 3.16. The second kappa shape index (κ2) is 8.47. The zero-order valence-corrected chi connectivity index (χ0v) is 13.2. The first kappa shape index (κ1) is 17.2. The van der Waals surface area contributed by atoms with Crippen molar-refractivity contribution in [3.05, 3.63) is 47.5 Å². The molecule has 0 aliphatic rings. The molecule has 0 saturated carbocycles. The third kappa shape index (κ3) is 5.23. The van der Waals surface area contributed by atoms with Gasteiger partial charge in [-0.05, 0) is 24.6 Å². The summed E-state index contributed by atoms with van der Waals surface area (Å²) >= 11 is 5.85. The van der Waals surface area contributed by atoms with E-state index < -0.39 is 6.04 Å². The Balaban J connectivity index is 2.84. The summed E-state index contributed by atoms with van der Waals surface area (Å²) in [5.74, 6) is -0.253. The number of hydrogen-bond acceptors (Lipinski definition) is 2. The summed E-state index contributed by atoms with van der Waals surface area (Å²) in [4.78, 5) is 25.7. The normalized spacial score (nSPS) is 11.6. The highest BCUT2D eigenvalue weighted by molar-refractivity contribution is 6.30. The molecule has 21 heavy (non-hydrogen) atoms. The fraction of sp³-hybridized carbons (Fsp3) is 0.375. The van der Waals surface area contributed by atoms with Crippen LogP contribution in [0.1, 0.15) is 25.8 Å². The SMILES string of the molecule is C=CCNC(=O)C(C)N(Cc1ccc(Cl)cc1)C(=O)CC. The first-order valence-corrected chi connectivity index (χ1v) is 7.29. The molecular formula is C16H21ClN2O2. The van der Waals surface area contributed by atoms with Gasteiger partial charge < -0.3 is 10.2 Å². The number of rotatable bonds is 7. The molecule has 2 amide bonds. The minimum atomic E-state index is -0.534. The molecule has 0 saturated heterocycles. The molecule has 0 aliphatic heterocycles. The Hall–Kier alpha value is -1.81. The second-order valence-corrected chi connectivity index (χ2v) is 5.15. The Morgan fingerprint density at radius 1 is 1.38 bits per heavy atom. The zero-order chi connectivity index (χ0) is 15.8. The highest BCUT2D eigenvalue weighted by atomic mass is 35.5. The molecule has 114 valence electrons. The molecular weight excluding hydrogens is 288 g/mol. The van der Waals surface area contributed by atoms with Crippen LogP contribution in [0.25, 0.3) is 0 Å². The van der Waals surface area contributed by atoms with E-state index in [2.05, 4.69) is 11.9 Å². The molecule has 0 bridgehead atoms. The van der Waals surface area contributed by atoms with Crippen molar-refractivity contribution in [3.63, 3.8) is 0 Å². The van der Waals surface area contributed by atoms with Crippen LogP contribution in [0, 0.1) is 0 Å². The van der Waals surface area contributed by atoms with E-state index in [9.17, 15) is 9.59 Å². The van der Waals surface area contributed by atoms with Crippen LogP contribution in [0.4, 0.5) is 0 Å². The summed E-state index contributed by atoms with van der Waals surface area (Å²) in [5.41, 5.74) is 0.935. The standard InChI is InChI=1S/C16H21ClN2O2/c1-4-10-18-16(21)12(3)19(15(20)5-2)11-13-6-8-14(17)9-7-13/h4,6-9,12H,1,5,10-11H2,2-3H3,(H,18,21). The molecule has 0 radical (unpaired) electrons. The number of benzene rings is 1. The topological polar surface area (TPSA) is 49.4 Å². The number of nitrogens with one attached hydrogen (secondary N) is 1. The fourth-order valence-corrected chi connectivity index (χ4v) is 2.02. The molecule has 0 heterocycles. The van der Waals surface area contributed by atoms with Gasteiger partial charge >= 0.3 is 0 Å². The maximum Gasteiger partial charge on any atom is 0.242 e. The molecule has 0 spiro atoms. The van der Waals surface area contributed by atoms with Gasteiger partial charge in [-0.3, -0.25) is 9.59 Å². The van der Waals surface area contributed by atoms with Crippen LogP contribution in [0.3, 0.4) is 0 Å². The maximum absolute atomic E-state index is 12.1. The molecule has 1 aromatic carbocycles.